The summed E-state index contributed by atoms with van der Waals surface area (Å²) in [4.78, 5) is 22.2. The molecule has 2 fully saturated rings. The fourth-order valence-corrected chi connectivity index (χ4v) is 6.94. The molecule has 0 radical (unpaired) electrons. The first-order valence-corrected chi connectivity index (χ1v) is 15.3. The number of aryl methyl sites for hydroxylation is 1. The molecule has 12 heteroatoms. The maximum Gasteiger partial charge on any atom is 0.243 e. The number of benzene rings is 2. The second-order valence-electron chi connectivity index (χ2n) is 10.3. The Kier molecular flexibility index (Phi) is 8.48. The van der Waals surface area contributed by atoms with E-state index in [9.17, 15) is 13.2 Å². The number of carbonyl (C=O) groups excluding carboxylic acids is 1. The fraction of sp³-hybridized carbons (Fsp3) is 0.444. The van der Waals surface area contributed by atoms with E-state index in [2.05, 4.69) is 41.2 Å². The predicted molar refractivity (Wildman–Crippen MR) is 151 cm³/mol. The van der Waals surface area contributed by atoms with Crippen molar-refractivity contribution < 1.29 is 17.7 Å². The second-order valence-corrected chi connectivity index (χ2v) is 13.1. The molecule has 1 aromatic heterocycles. The van der Waals surface area contributed by atoms with Crippen molar-refractivity contribution in [2.45, 2.75) is 31.2 Å². The maximum absolute atomic E-state index is 13.3. The van der Waals surface area contributed by atoms with Crippen molar-refractivity contribution in [1.29, 1.82) is 0 Å². The van der Waals surface area contributed by atoms with Crippen molar-refractivity contribution in [3.05, 3.63) is 58.4 Å². The van der Waals surface area contributed by atoms with Crippen LogP contribution in [-0.4, -0.2) is 84.9 Å². The average Bonchev–Trinajstić information content (AvgIpc) is 3.39. The quantitative estimate of drug-likeness (QED) is 0.429. The number of anilines is 1. The molecule has 3 heterocycles. The highest BCUT2D eigenvalue weighted by atomic mass is 79.9. The van der Waals surface area contributed by atoms with Crippen LogP contribution in [0.3, 0.4) is 0 Å². The van der Waals surface area contributed by atoms with Crippen molar-refractivity contribution in [1.82, 2.24) is 24.2 Å². The SMILES string of the molecule is Cc1ccc(NC(=O)C2CCCN(Cc3nc(-c4ccc(Br)cc4)no3)C2)cc1S(=O)(=O)N1CCN(C)CC1. The van der Waals surface area contributed by atoms with Crippen LogP contribution in [0.15, 0.2) is 56.4 Å². The van der Waals surface area contributed by atoms with Crippen LogP contribution in [-0.2, 0) is 21.4 Å². The van der Waals surface area contributed by atoms with Gasteiger partial charge in [-0.15, -0.1) is 0 Å². The summed E-state index contributed by atoms with van der Waals surface area (Å²) in [6.45, 7) is 5.94. The van der Waals surface area contributed by atoms with E-state index in [1.807, 2.05) is 31.3 Å². The summed E-state index contributed by atoms with van der Waals surface area (Å²) in [6, 6.07) is 12.8. The van der Waals surface area contributed by atoms with Crippen LogP contribution in [0.25, 0.3) is 11.4 Å². The van der Waals surface area contributed by atoms with E-state index in [0.29, 0.717) is 62.2 Å². The number of nitrogens with one attached hydrogen (secondary N) is 1. The van der Waals surface area contributed by atoms with Crippen LogP contribution in [0, 0.1) is 12.8 Å². The van der Waals surface area contributed by atoms with Gasteiger partial charge < -0.3 is 14.7 Å². The number of piperidine rings is 1. The summed E-state index contributed by atoms with van der Waals surface area (Å²) in [6.07, 6.45) is 1.62. The number of rotatable bonds is 7. The molecule has 2 aliphatic rings. The minimum absolute atomic E-state index is 0.118. The summed E-state index contributed by atoms with van der Waals surface area (Å²) in [7, 11) is -1.65. The van der Waals surface area contributed by atoms with E-state index in [1.54, 1.807) is 25.1 Å². The van der Waals surface area contributed by atoms with Crippen molar-refractivity contribution in [3.63, 3.8) is 0 Å². The molecule has 1 atom stereocenters. The van der Waals surface area contributed by atoms with E-state index in [-0.39, 0.29) is 16.7 Å². The van der Waals surface area contributed by atoms with Gasteiger partial charge >= 0.3 is 0 Å². The van der Waals surface area contributed by atoms with Crippen LogP contribution in [0.5, 0.6) is 0 Å². The summed E-state index contributed by atoms with van der Waals surface area (Å²) in [5.41, 5.74) is 2.03. The molecular formula is C27H33BrN6O4S. The molecule has 2 saturated heterocycles. The van der Waals surface area contributed by atoms with Crippen LogP contribution in [0.4, 0.5) is 5.69 Å². The lowest BCUT2D eigenvalue weighted by atomic mass is 9.97. The number of likely N-dealkylation sites (N-methyl/N-ethyl adjacent to an activating group) is 1. The molecule has 208 valence electrons. The van der Waals surface area contributed by atoms with E-state index in [4.69, 9.17) is 4.52 Å². The third-order valence-corrected chi connectivity index (χ3v) is 9.91. The number of halogens is 1. The van der Waals surface area contributed by atoms with Crippen LogP contribution < -0.4 is 5.32 Å². The zero-order valence-electron chi connectivity index (χ0n) is 22.1. The second kappa shape index (κ2) is 11.8. The van der Waals surface area contributed by atoms with E-state index in [0.717, 1.165) is 29.4 Å². The lowest BCUT2D eigenvalue weighted by Crippen LogP contribution is -2.47. The molecule has 5 rings (SSSR count). The van der Waals surface area contributed by atoms with Gasteiger partial charge in [-0.25, -0.2) is 8.42 Å². The highest BCUT2D eigenvalue weighted by molar-refractivity contribution is 9.10. The summed E-state index contributed by atoms with van der Waals surface area (Å²) < 4.78 is 34.7. The molecule has 1 unspecified atom stereocenters. The molecule has 0 saturated carbocycles. The van der Waals surface area contributed by atoms with E-state index < -0.39 is 10.0 Å². The molecule has 1 amide bonds. The Morgan fingerprint density at radius 3 is 2.59 bits per heavy atom. The number of sulfonamides is 1. The Balaban J connectivity index is 1.22. The van der Waals surface area contributed by atoms with Crippen LogP contribution in [0.2, 0.25) is 0 Å². The predicted octanol–water partition coefficient (Wildman–Crippen LogP) is 3.59. The highest BCUT2D eigenvalue weighted by Gasteiger charge is 2.30. The lowest BCUT2D eigenvalue weighted by molar-refractivity contribution is -0.121. The molecule has 2 aromatic carbocycles. The van der Waals surface area contributed by atoms with Crippen molar-refractivity contribution in [2.75, 3.05) is 51.6 Å². The molecule has 1 N–H and O–H groups in total. The minimum Gasteiger partial charge on any atom is -0.338 e. The van der Waals surface area contributed by atoms with Gasteiger partial charge in [0.25, 0.3) is 0 Å². The standard InChI is InChI=1S/C27H33BrN6O4S/c1-19-5-10-23(16-24(19)39(36,37)34-14-12-32(2)13-15-34)29-27(35)21-4-3-11-33(17-21)18-25-30-26(31-38-25)20-6-8-22(28)9-7-20/h5-10,16,21H,3-4,11-15,17-18H2,1-2H3,(H,29,35). The number of aromatic nitrogens is 2. The van der Waals surface area contributed by atoms with Crippen molar-refractivity contribution in [2.24, 2.45) is 5.92 Å². The normalized spacial score (nSPS) is 19.7. The number of carbonyl (C=O) groups is 1. The van der Waals surface area contributed by atoms with Crippen molar-refractivity contribution in [3.8, 4) is 11.4 Å². The summed E-state index contributed by atoms with van der Waals surface area (Å²) in [5, 5.41) is 7.07. The molecule has 39 heavy (non-hydrogen) atoms. The molecule has 0 bridgehead atoms. The summed E-state index contributed by atoms with van der Waals surface area (Å²) >= 11 is 3.43. The Morgan fingerprint density at radius 1 is 1.10 bits per heavy atom. The number of amides is 1. The maximum atomic E-state index is 13.3. The zero-order chi connectivity index (χ0) is 27.6. The van der Waals surface area contributed by atoms with E-state index in [1.165, 1.54) is 4.31 Å². The van der Waals surface area contributed by atoms with Gasteiger partial charge in [0.15, 0.2) is 0 Å². The first-order chi connectivity index (χ1) is 18.7. The van der Waals surface area contributed by atoms with Crippen LogP contribution >= 0.6 is 15.9 Å². The Bertz CT molecular complexity index is 1420. The molecule has 2 aliphatic heterocycles. The van der Waals surface area contributed by atoms with Gasteiger partial charge in [0.2, 0.25) is 27.6 Å². The number of hydrogen-bond donors (Lipinski definition) is 1. The smallest absolute Gasteiger partial charge is 0.243 e. The molecule has 10 nitrogen and oxygen atoms in total. The van der Waals surface area contributed by atoms with Gasteiger partial charge in [-0.05, 0) is 75.3 Å². The number of piperazine rings is 1. The highest BCUT2D eigenvalue weighted by Crippen LogP contribution is 2.26. The topological polar surface area (TPSA) is 112 Å². The van der Waals surface area contributed by atoms with Gasteiger partial charge in [0, 0.05) is 48.4 Å². The fourth-order valence-electron chi connectivity index (χ4n) is 5.01. The number of nitrogens with zero attached hydrogens (tertiary/aromatic N) is 5. The molecule has 0 aliphatic carbocycles. The van der Waals surface area contributed by atoms with Gasteiger partial charge in [-0.3, -0.25) is 9.69 Å². The Hall–Kier alpha value is -2.64. The Morgan fingerprint density at radius 2 is 1.85 bits per heavy atom. The molecular weight excluding hydrogens is 584 g/mol. The molecule has 3 aromatic rings. The number of likely N-dealkylation sites (tertiary alicyclic amines) is 1. The third kappa shape index (κ3) is 6.58. The monoisotopic (exact) mass is 616 g/mol. The average molecular weight is 618 g/mol. The first kappa shape index (κ1) is 27.9. The molecule has 0 spiro atoms. The first-order valence-electron chi connectivity index (χ1n) is 13.1. The lowest BCUT2D eigenvalue weighted by Gasteiger charge is -2.32. The zero-order valence-corrected chi connectivity index (χ0v) is 24.5. The van der Waals surface area contributed by atoms with Gasteiger partial charge in [-0.1, -0.05) is 27.2 Å². The number of hydrogen-bond acceptors (Lipinski definition) is 8. The largest absolute Gasteiger partial charge is 0.338 e. The summed E-state index contributed by atoms with van der Waals surface area (Å²) in [5.74, 6) is 0.691. The Labute approximate surface area is 237 Å². The van der Waals surface area contributed by atoms with Gasteiger partial charge in [0.05, 0.1) is 17.4 Å². The van der Waals surface area contributed by atoms with Crippen molar-refractivity contribution >= 4 is 37.5 Å². The van der Waals surface area contributed by atoms with Crippen LogP contribution in [0.1, 0.15) is 24.3 Å². The van der Waals surface area contributed by atoms with Gasteiger partial charge in [-0.2, -0.15) is 9.29 Å². The van der Waals surface area contributed by atoms with Gasteiger partial charge in [0.1, 0.15) is 0 Å². The third-order valence-electron chi connectivity index (χ3n) is 7.34. The van der Waals surface area contributed by atoms with E-state index >= 15 is 0 Å². The minimum atomic E-state index is -3.64.